The van der Waals surface area contributed by atoms with Gasteiger partial charge >= 0.3 is 0 Å². The summed E-state index contributed by atoms with van der Waals surface area (Å²) in [4.78, 5) is 14.1. The van der Waals surface area contributed by atoms with Crippen molar-refractivity contribution in [3.05, 3.63) is 35.4 Å². The van der Waals surface area contributed by atoms with Gasteiger partial charge in [-0.1, -0.05) is 24.3 Å². The van der Waals surface area contributed by atoms with Gasteiger partial charge in [-0.3, -0.25) is 4.79 Å². The zero-order chi connectivity index (χ0) is 13.0. The van der Waals surface area contributed by atoms with Gasteiger partial charge < -0.3 is 15.5 Å². The van der Waals surface area contributed by atoms with E-state index in [0.717, 1.165) is 19.5 Å². The molecule has 1 aromatic rings. The molecule has 1 heterocycles. The first-order valence-electron chi connectivity index (χ1n) is 6.39. The van der Waals surface area contributed by atoms with Gasteiger partial charge in [-0.05, 0) is 31.6 Å². The van der Waals surface area contributed by atoms with Gasteiger partial charge in [0.05, 0.1) is 6.04 Å². The van der Waals surface area contributed by atoms with Gasteiger partial charge in [-0.25, -0.2) is 0 Å². The fourth-order valence-corrected chi connectivity index (χ4v) is 2.17. The normalized spacial score (nSPS) is 18.5. The van der Waals surface area contributed by atoms with Gasteiger partial charge in [0.25, 0.3) is 0 Å². The Morgan fingerprint density at radius 1 is 1.39 bits per heavy atom. The molecule has 0 saturated carbocycles. The fourth-order valence-electron chi connectivity index (χ4n) is 2.17. The minimum Gasteiger partial charge on any atom is -0.353 e. The molecule has 0 fully saturated rings. The van der Waals surface area contributed by atoms with Gasteiger partial charge in [-0.2, -0.15) is 0 Å². The van der Waals surface area contributed by atoms with Crippen molar-refractivity contribution in [2.24, 2.45) is 0 Å². The summed E-state index contributed by atoms with van der Waals surface area (Å²) in [7, 11) is 4.00. The highest BCUT2D eigenvalue weighted by Crippen LogP contribution is 2.16. The summed E-state index contributed by atoms with van der Waals surface area (Å²) in [6, 6.07) is 8.20. The Balaban J connectivity index is 1.87. The zero-order valence-corrected chi connectivity index (χ0v) is 11.1. The maximum atomic E-state index is 12.0. The average Bonchev–Trinajstić information content (AvgIpc) is 2.37. The number of carbonyl (C=O) groups excluding carboxylic acids is 1. The Morgan fingerprint density at radius 3 is 2.83 bits per heavy atom. The maximum Gasteiger partial charge on any atom is 0.237 e. The van der Waals surface area contributed by atoms with Gasteiger partial charge in [0.15, 0.2) is 0 Å². The van der Waals surface area contributed by atoms with Crippen LogP contribution in [0.1, 0.15) is 11.1 Å². The molecule has 4 nitrogen and oxygen atoms in total. The summed E-state index contributed by atoms with van der Waals surface area (Å²) < 4.78 is 0. The van der Waals surface area contributed by atoms with Crippen molar-refractivity contribution in [2.75, 3.05) is 27.2 Å². The molecule has 0 aromatic heterocycles. The van der Waals surface area contributed by atoms with Crippen LogP contribution in [0.25, 0.3) is 0 Å². The Hall–Kier alpha value is -1.39. The van der Waals surface area contributed by atoms with Gasteiger partial charge in [-0.15, -0.1) is 0 Å². The topological polar surface area (TPSA) is 44.4 Å². The second kappa shape index (κ2) is 5.98. The minimum atomic E-state index is -0.0953. The highest BCUT2D eigenvalue weighted by molar-refractivity contribution is 5.82. The van der Waals surface area contributed by atoms with Crippen LogP contribution in [0.4, 0.5) is 0 Å². The molecule has 1 aromatic carbocycles. The molecule has 0 unspecified atom stereocenters. The van der Waals surface area contributed by atoms with E-state index in [0.29, 0.717) is 6.54 Å². The van der Waals surface area contributed by atoms with Crippen LogP contribution in [0.3, 0.4) is 0 Å². The third kappa shape index (κ3) is 3.31. The molecule has 0 radical (unpaired) electrons. The molecule has 98 valence electrons. The monoisotopic (exact) mass is 247 g/mol. The van der Waals surface area contributed by atoms with Crippen LogP contribution in [0, 0.1) is 0 Å². The molecule has 1 amide bonds. The van der Waals surface area contributed by atoms with Gasteiger partial charge in [0.1, 0.15) is 0 Å². The van der Waals surface area contributed by atoms with E-state index in [1.54, 1.807) is 0 Å². The number of rotatable bonds is 4. The first-order valence-corrected chi connectivity index (χ1v) is 6.39. The molecule has 18 heavy (non-hydrogen) atoms. The van der Waals surface area contributed by atoms with Crippen LogP contribution in [0.2, 0.25) is 0 Å². The first-order chi connectivity index (χ1) is 8.66. The van der Waals surface area contributed by atoms with Crippen LogP contribution >= 0.6 is 0 Å². The smallest absolute Gasteiger partial charge is 0.237 e. The lowest BCUT2D eigenvalue weighted by Gasteiger charge is -2.25. The van der Waals surface area contributed by atoms with Crippen LogP contribution in [-0.2, 0) is 17.8 Å². The molecule has 0 aliphatic carbocycles. The summed E-state index contributed by atoms with van der Waals surface area (Å²) >= 11 is 0. The van der Waals surface area contributed by atoms with Crippen molar-refractivity contribution in [1.29, 1.82) is 0 Å². The Labute approximate surface area is 108 Å². The van der Waals surface area contributed by atoms with Crippen LogP contribution in [0.15, 0.2) is 24.3 Å². The molecule has 2 N–H and O–H groups in total. The number of likely N-dealkylation sites (N-methyl/N-ethyl adjacent to an activating group) is 1. The Kier molecular flexibility index (Phi) is 4.33. The summed E-state index contributed by atoms with van der Waals surface area (Å²) in [5, 5.41) is 6.26. The minimum absolute atomic E-state index is 0.0953. The van der Waals surface area contributed by atoms with Gasteiger partial charge in [0, 0.05) is 19.6 Å². The van der Waals surface area contributed by atoms with E-state index >= 15 is 0 Å². The molecular weight excluding hydrogens is 226 g/mol. The third-order valence-electron chi connectivity index (χ3n) is 3.26. The average molecular weight is 247 g/mol. The first kappa shape index (κ1) is 13.1. The van der Waals surface area contributed by atoms with E-state index in [1.807, 2.05) is 26.2 Å². The van der Waals surface area contributed by atoms with Crippen molar-refractivity contribution < 1.29 is 4.79 Å². The van der Waals surface area contributed by atoms with Crippen molar-refractivity contribution >= 4 is 5.91 Å². The number of amides is 1. The van der Waals surface area contributed by atoms with Crippen LogP contribution in [-0.4, -0.2) is 44.0 Å². The van der Waals surface area contributed by atoms with Crippen LogP contribution in [0.5, 0.6) is 0 Å². The standard InChI is InChI=1S/C14H21N3O/c1-17(2)8-7-15-14(18)13-9-11-5-3-4-6-12(11)10-16-13/h3-6,13,16H,7-10H2,1-2H3,(H,15,18)/t13-/m0/s1. The lowest BCUT2D eigenvalue weighted by atomic mass is 9.95. The molecule has 2 rings (SSSR count). The number of benzene rings is 1. The molecule has 4 heteroatoms. The highest BCUT2D eigenvalue weighted by Gasteiger charge is 2.23. The highest BCUT2D eigenvalue weighted by atomic mass is 16.2. The van der Waals surface area contributed by atoms with Crippen LogP contribution < -0.4 is 10.6 Å². The van der Waals surface area contributed by atoms with E-state index in [-0.39, 0.29) is 11.9 Å². The van der Waals surface area contributed by atoms with Crippen molar-refractivity contribution in [3.63, 3.8) is 0 Å². The Bertz CT molecular complexity index is 417. The predicted octanol–water partition coefficient (Wildman–Crippen LogP) is 0.379. The second-order valence-electron chi connectivity index (χ2n) is 5.00. The number of hydrogen-bond acceptors (Lipinski definition) is 3. The van der Waals surface area contributed by atoms with E-state index in [2.05, 4.69) is 27.7 Å². The second-order valence-corrected chi connectivity index (χ2v) is 5.00. The molecule has 1 atom stereocenters. The van der Waals surface area contributed by atoms with E-state index in [9.17, 15) is 4.79 Å². The summed E-state index contributed by atoms with van der Waals surface area (Å²) in [5.74, 6) is 0.103. The quantitative estimate of drug-likeness (QED) is 0.808. The predicted molar refractivity (Wildman–Crippen MR) is 72.3 cm³/mol. The summed E-state index contributed by atoms with van der Waals surface area (Å²) in [5.41, 5.74) is 2.58. The van der Waals surface area contributed by atoms with E-state index in [4.69, 9.17) is 0 Å². The Morgan fingerprint density at radius 2 is 2.11 bits per heavy atom. The molecular formula is C14H21N3O. The lowest BCUT2D eigenvalue weighted by molar-refractivity contribution is -0.123. The van der Waals surface area contributed by atoms with Crippen molar-refractivity contribution in [1.82, 2.24) is 15.5 Å². The molecule has 1 aliphatic rings. The molecule has 0 spiro atoms. The molecule has 1 aliphatic heterocycles. The van der Waals surface area contributed by atoms with Gasteiger partial charge in [0.2, 0.25) is 5.91 Å². The van der Waals surface area contributed by atoms with E-state index in [1.165, 1.54) is 11.1 Å². The lowest BCUT2D eigenvalue weighted by Crippen LogP contribution is -2.48. The number of nitrogens with one attached hydrogen (secondary N) is 2. The third-order valence-corrected chi connectivity index (χ3v) is 3.26. The number of nitrogens with zero attached hydrogens (tertiary/aromatic N) is 1. The van der Waals surface area contributed by atoms with E-state index < -0.39 is 0 Å². The zero-order valence-electron chi connectivity index (χ0n) is 11.1. The fraction of sp³-hybridized carbons (Fsp3) is 0.500. The molecule has 0 saturated heterocycles. The number of carbonyl (C=O) groups is 1. The molecule has 0 bridgehead atoms. The SMILES string of the molecule is CN(C)CCNC(=O)[C@@H]1Cc2ccccc2CN1. The van der Waals surface area contributed by atoms with Crippen molar-refractivity contribution in [2.45, 2.75) is 19.0 Å². The number of fused-ring (bicyclic) bond motifs is 1. The summed E-state index contributed by atoms with van der Waals surface area (Å²) in [6.45, 7) is 2.35. The summed E-state index contributed by atoms with van der Waals surface area (Å²) in [6.07, 6.45) is 0.782. The number of hydrogen-bond donors (Lipinski definition) is 2. The maximum absolute atomic E-state index is 12.0. The van der Waals surface area contributed by atoms with Crippen molar-refractivity contribution in [3.8, 4) is 0 Å². The largest absolute Gasteiger partial charge is 0.353 e.